The number of alkyl carbamates (subject to hydrolysis) is 1. The topological polar surface area (TPSA) is 81.4 Å². The number of hydrogen-bond donors (Lipinski definition) is 2. The van der Waals surface area contributed by atoms with Gasteiger partial charge in [-0.1, -0.05) is 0 Å². The first-order valence-corrected chi connectivity index (χ1v) is 2.77. The Morgan fingerprint density at radius 2 is 2.10 bits per heavy atom. The average molecular weight is 146 g/mol. The van der Waals surface area contributed by atoms with E-state index in [2.05, 4.69) is 10.1 Å². The highest BCUT2D eigenvalue weighted by Gasteiger charge is 2.12. The molecule has 0 fully saturated rings. The second-order valence-corrected chi connectivity index (χ2v) is 1.75. The van der Waals surface area contributed by atoms with E-state index in [0.29, 0.717) is 0 Å². The third-order valence-electron chi connectivity index (χ3n) is 0.769. The highest BCUT2D eigenvalue weighted by atomic mass is 16.6. The van der Waals surface area contributed by atoms with Crippen molar-refractivity contribution in [3.8, 4) is 0 Å². The maximum atomic E-state index is 10.5. The quantitative estimate of drug-likeness (QED) is 0.375. The molecule has 0 aromatic carbocycles. The summed E-state index contributed by atoms with van der Waals surface area (Å²) in [6.07, 6.45) is -0.790. The predicted molar refractivity (Wildman–Crippen MR) is 34.2 cm³/mol. The number of rotatable bonds is 1. The van der Waals surface area contributed by atoms with Crippen LogP contribution in [0.4, 0.5) is 4.79 Å². The van der Waals surface area contributed by atoms with Crippen molar-refractivity contribution < 1.29 is 14.3 Å². The molecule has 1 unspecified atom stereocenters. The SMILES string of the molecule is CNC(=O)OC(=O)C(C)N. The third-order valence-corrected chi connectivity index (χ3v) is 0.769. The number of nitrogens with one attached hydrogen (secondary N) is 1. The molecule has 0 spiro atoms. The van der Waals surface area contributed by atoms with Crippen molar-refractivity contribution in [1.82, 2.24) is 5.32 Å². The summed E-state index contributed by atoms with van der Waals surface area (Å²) in [7, 11) is 1.36. The Kier molecular flexibility index (Phi) is 3.42. The Morgan fingerprint density at radius 1 is 1.60 bits per heavy atom. The van der Waals surface area contributed by atoms with E-state index in [-0.39, 0.29) is 0 Å². The predicted octanol–water partition coefficient (Wildman–Crippen LogP) is -0.784. The number of carbonyl (C=O) groups excluding carboxylic acids is 2. The molecule has 58 valence electrons. The van der Waals surface area contributed by atoms with Crippen molar-refractivity contribution in [2.24, 2.45) is 5.73 Å². The average Bonchev–Trinajstić information content (AvgIpc) is 1.87. The van der Waals surface area contributed by atoms with Crippen LogP contribution in [0.1, 0.15) is 6.92 Å². The van der Waals surface area contributed by atoms with Crippen LogP contribution in [-0.2, 0) is 9.53 Å². The lowest BCUT2D eigenvalue weighted by molar-refractivity contribution is -0.138. The second-order valence-electron chi connectivity index (χ2n) is 1.75. The summed E-state index contributed by atoms with van der Waals surface area (Å²) >= 11 is 0. The maximum absolute atomic E-state index is 10.5. The van der Waals surface area contributed by atoms with Crippen LogP contribution < -0.4 is 11.1 Å². The molecule has 3 N–H and O–H groups in total. The van der Waals surface area contributed by atoms with Crippen LogP contribution in [0.2, 0.25) is 0 Å². The molecule has 1 atom stereocenters. The normalized spacial score (nSPS) is 11.9. The Labute approximate surface area is 58.5 Å². The first-order valence-electron chi connectivity index (χ1n) is 2.77. The van der Waals surface area contributed by atoms with Crippen molar-refractivity contribution in [2.45, 2.75) is 13.0 Å². The Hall–Kier alpha value is -1.10. The van der Waals surface area contributed by atoms with Gasteiger partial charge in [0.2, 0.25) is 0 Å². The molecule has 0 aromatic rings. The van der Waals surface area contributed by atoms with E-state index in [1.54, 1.807) is 0 Å². The van der Waals surface area contributed by atoms with E-state index in [1.165, 1.54) is 14.0 Å². The lowest BCUT2D eigenvalue weighted by Crippen LogP contribution is -2.33. The van der Waals surface area contributed by atoms with Gasteiger partial charge in [0.15, 0.2) is 0 Å². The van der Waals surface area contributed by atoms with Gasteiger partial charge in [-0.3, -0.25) is 0 Å². The van der Waals surface area contributed by atoms with Crippen LogP contribution in [0.5, 0.6) is 0 Å². The van der Waals surface area contributed by atoms with Crippen molar-refractivity contribution >= 4 is 12.1 Å². The van der Waals surface area contributed by atoms with E-state index >= 15 is 0 Å². The molecule has 0 heterocycles. The number of nitrogens with two attached hydrogens (primary N) is 1. The van der Waals surface area contributed by atoms with E-state index in [9.17, 15) is 9.59 Å². The Morgan fingerprint density at radius 3 is 2.40 bits per heavy atom. The summed E-state index contributed by atoms with van der Waals surface area (Å²) in [5.74, 6) is -0.737. The molecule has 0 bridgehead atoms. The van der Waals surface area contributed by atoms with E-state index in [4.69, 9.17) is 5.73 Å². The van der Waals surface area contributed by atoms with Gasteiger partial charge in [0, 0.05) is 7.05 Å². The minimum absolute atomic E-state index is 0.737. The molecule has 0 aliphatic carbocycles. The van der Waals surface area contributed by atoms with Crippen LogP contribution in [0.15, 0.2) is 0 Å². The molecular formula is C5H10N2O3. The molecule has 5 nitrogen and oxygen atoms in total. The van der Waals surface area contributed by atoms with E-state index in [1.807, 2.05) is 0 Å². The molecular weight excluding hydrogens is 136 g/mol. The summed E-state index contributed by atoms with van der Waals surface area (Å²) in [6.45, 7) is 1.44. The van der Waals surface area contributed by atoms with Crippen molar-refractivity contribution in [3.63, 3.8) is 0 Å². The van der Waals surface area contributed by atoms with Crippen LogP contribution in [0, 0.1) is 0 Å². The van der Waals surface area contributed by atoms with Gasteiger partial charge in [-0.05, 0) is 6.92 Å². The Bertz CT molecular complexity index is 144. The molecule has 1 amide bonds. The summed E-state index contributed by atoms with van der Waals surface area (Å²) in [4.78, 5) is 20.8. The molecule has 0 aromatic heterocycles. The molecule has 0 rings (SSSR count). The zero-order chi connectivity index (χ0) is 8.15. The van der Waals surface area contributed by atoms with Crippen molar-refractivity contribution in [2.75, 3.05) is 7.05 Å². The summed E-state index contributed by atoms with van der Waals surface area (Å²) in [5, 5.41) is 2.11. The fourth-order valence-electron chi connectivity index (χ4n) is 0.235. The van der Waals surface area contributed by atoms with Crippen LogP contribution in [0.25, 0.3) is 0 Å². The maximum Gasteiger partial charge on any atom is 0.414 e. The van der Waals surface area contributed by atoms with E-state index in [0.717, 1.165) is 0 Å². The number of carbonyl (C=O) groups is 2. The largest absolute Gasteiger partial charge is 0.414 e. The molecule has 0 radical (unpaired) electrons. The van der Waals surface area contributed by atoms with Gasteiger partial charge >= 0.3 is 12.1 Å². The number of esters is 1. The summed E-state index contributed by atoms with van der Waals surface area (Å²) < 4.78 is 4.15. The van der Waals surface area contributed by atoms with Gasteiger partial charge in [0.25, 0.3) is 0 Å². The van der Waals surface area contributed by atoms with Crippen LogP contribution >= 0.6 is 0 Å². The van der Waals surface area contributed by atoms with Gasteiger partial charge in [-0.25, -0.2) is 9.59 Å². The fraction of sp³-hybridized carbons (Fsp3) is 0.600. The van der Waals surface area contributed by atoms with Crippen molar-refractivity contribution in [1.29, 1.82) is 0 Å². The lowest BCUT2D eigenvalue weighted by atomic mass is 10.4. The van der Waals surface area contributed by atoms with Gasteiger partial charge in [-0.2, -0.15) is 0 Å². The standard InChI is InChI=1S/C5H10N2O3/c1-3(6)4(8)10-5(9)7-2/h3H,6H2,1-2H3,(H,7,9). The third kappa shape index (κ3) is 3.03. The minimum atomic E-state index is -0.790. The molecule has 5 heteroatoms. The lowest BCUT2D eigenvalue weighted by Gasteiger charge is -2.02. The highest BCUT2D eigenvalue weighted by Crippen LogP contribution is 1.83. The molecule has 0 aliphatic heterocycles. The van der Waals surface area contributed by atoms with Crippen LogP contribution in [0.3, 0.4) is 0 Å². The highest BCUT2D eigenvalue weighted by molar-refractivity contribution is 5.87. The second kappa shape index (κ2) is 3.84. The summed E-state index contributed by atoms with van der Waals surface area (Å²) in [6, 6.07) is -0.766. The molecule has 10 heavy (non-hydrogen) atoms. The molecule has 0 saturated carbocycles. The van der Waals surface area contributed by atoms with Gasteiger partial charge in [0.1, 0.15) is 6.04 Å². The molecule has 0 aliphatic rings. The monoisotopic (exact) mass is 146 g/mol. The van der Waals surface area contributed by atoms with Gasteiger partial charge in [0.05, 0.1) is 0 Å². The van der Waals surface area contributed by atoms with Gasteiger partial charge in [-0.15, -0.1) is 0 Å². The van der Waals surface area contributed by atoms with Crippen LogP contribution in [-0.4, -0.2) is 25.2 Å². The zero-order valence-corrected chi connectivity index (χ0v) is 5.88. The zero-order valence-electron chi connectivity index (χ0n) is 5.88. The first-order chi connectivity index (χ1) is 4.57. The van der Waals surface area contributed by atoms with Crippen molar-refractivity contribution in [3.05, 3.63) is 0 Å². The fourth-order valence-corrected chi connectivity index (χ4v) is 0.235. The smallest absolute Gasteiger partial charge is 0.375 e. The molecule has 0 saturated heterocycles. The van der Waals surface area contributed by atoms with E-state index < -0.39 is 18.1 Å². The number of ether oxygens (including phenoxy) is 1. The number of hydrogen-bond acceptors (Lipinski definition) is 4. The van der Waals surface area contributed by atoms with Gasteiger partial charge < -0.3 is 15.8 Å². The number of amides is 1. The Balaban J connectivity index is 3.69. The summed E-state index contributed by atoms with van der Waals surface area (Å²) in [5.41, 5.74) is 5.08. The minimum Gasteiger partial charge on any atom is -0.375 e. The first kappa shape index (κ1) is 8.90.